The van der Waals surface area contributed by atoms with Crippen molar-refractivity contribution in [2.45, 2.75) is 45.4 Å². The molecule has 3 heteroatoms. The fraction of sp³-hybridized carbons (Fsp3) is 0.800. The first-order chi connectivity index (χ1) is 6.24. The van der Waals surface area contributed by atoms with Gasteiger partial charge in [-0.05, 0) is 6.42 Å². The molecule has 0 aliphatic carbocycles. The molecule has 1 aliphatic rings. The molecule has 1 unspecified atom stereocenters. The number of cyclic esters (lactones) is 2. The minimum Gasteiger partial charge on any atom is -0.393 e. The standard InChI is InChI=1S/C10H16O3/c1-2-3-4-5-6-8-7-9(11)13-10(8)12/h8H,2-7H2,1H3. The van der Waals surface area contributed by atoms with E-state index in [-0.39, 0.29) is 17.9 Å². The maximum absolute atomic E-state index is 11.0. The first-order valence-corrected chi connectivity index (χ1v) is 4.98. The molecular formula is C10H16O3. The van der Waals surface area contributed by atoms with E-state index in [2.05, 4.69) is 11.7 Å². The van der Waals surface area contributed by atoms with E-state index in [4.69, 9.17) is 0 Å². The van der Waals surface area contributed by atoms with Crippen LogP contribution in [-0.2, 0) is 14.3 Å². The zero-order valence-electron chi connectivity index (χ0n) is 8.04. The van der Waals surface area contributed by atoms with Gasteiger partial charge in [0.1, 0.15) is 0 Å². The van der Waals surface area contributed by atoms with Crippen LogP contribution in [0.25, 0.3) is 0 Å². The molecule has 0 saturated carbocycles. The van der Waals surface area contributed by atoms with Crippen LogP contribution in [0.15, 0.2) is 0 Å². The summed E-state index contributed by atoms with van der Waals surface area (Å²) in [5.41, 5.74) is 0. The van der Waals surface area contributed by atoms with Gasteiger partial charge in [0, 0.05) is 0 Å². The molecule has 0 amide bonds. The minimum atomic E-state index is -0.356. The van der Waals surface area contributed by atoms with Gasteiger partial charge < -0.3 is 4.74 Å². The normalized spacial score (nSPS) is 22.1. The van der Waals surface area contributed by atoms with Crippen LogP contribution < -0.4 is 0 Å². The molecule has 1 aliphatic heterocycles. The van der Waals surface area contributed by atoms with E-state index in [1.54, 1.807) is 0 Å². The Kier molecular flexibility index (Phi) is 3.93. The topological polar surface area (TPSA) is 43.4 Å². The zero-order valence-corrected chi connectivity index (χ0v) is 8.04. The van der Waals surface area contributed by atoms with Crippen molar-refractivity contribution in [3.05, 3.63) is 0 Å². The fourth-order valence-corrected chi connectivity index (χ4v) is 1.56. The van der Waals surface area contributed by atoms with Crippen molar-refractivity contribution in [1.82, 2.24) is 0 Å². The van der Waals surface area contributed by atoms with Gasteiger partial charge in [-0.2, -0.15) is 0 Å². The highest BCUT2D eigenvalue weighted by atomic mass is 16.6. The van der Waals surface area contributed by atoms with Crippen molar-refractivity contribution in [3.8, 4) is 0 Å². The Morgan fingerprint density at radius 3 is 2.62 bits per heavy atom. The average molecular weight is 184 g/mol. The predicted molar refractivity (Wildman–Crippen MR) is 48.0 cm³/mol. The lowest BCUT2D eigenvalue weighted by atomic mass is 9.99. The summed E-state index contributed by atoms with van der Waals surface area (Å²) in [7, 11) is 0. The molecule has 13 heavy (non-hydrogen) atoms. The summed E-state index contributed by atoms with van der Waals surface area (Å²) in [6.45, 7) is 2.15. The summed E-state index contributed by atoms with van der Waals surface area (Å²) < 4.78 is 4.45. The van der Waals surface area contributed by atoms with Crippen LogP contribution in [0.4, 0.5) is 0 Å². The number of carbonyl (C=O) groups is 2. The summed E-state index contributed by atoms with van der Waals surface area (Å²) in [5.74, 6) is -0.823. The molecular weight excluding hydrogens is 168 g/mol. The first-order valence-electron chi connectivity index (χ1n) is 4.98. The Morgan fingerprint density at radius 2 is 2.08 bits per heavy atom. The van der Waals surface area contributed by atoms with Gasteiger partial charge in [-0.15, -0.1) is 0 Å². The van der Waals surface area contributed by atoms with Crippen molar-refractivity contribution < 1.29 is 14.3 Å². The highest BCUT2D eigenvalue weighted by molar-refractivity contribution is 5.94. The quantitative estimate of drug-likeness (QED) is 0.373. The van der Waals surface area contributed by atoms with Crippen LogP contribution in [0, 0.1) is 5.92 Å². The molecule has 0 aromatic rings. The Labute approximate surface area is 78.5 Å². The fourth-order valence-electron chi connectivity index (χ4n) is 1.56. The van der Waals surface area contributed by atoms with E-state index in [1.165, 1.54) is 12.8 Å². The van der Waals surface area contributed by atoms with E-state index >= 15 is 0 Å². The van der Waals surface area contributed by atoms with Gasteiger partial charge in [0.25, 0.3) is 0 Å². The molecule has 1 saturated heterocycles. The smallest absolute Gasteiger partial charge is 0.317 e. The van der Waals surface area contributed by atoms with Crippen LogP contribution in [0.3, 0.4) is 0 Å². The van der Waals surface area contributed by atoms with Crippen molar-refractivity contribution >= 4 is 11.9 Å². The lowest BCUT2D eigenvalue weighted by Gasteiger charge is -2.02. The van der Waals surface area contributed by atoms with Gasteiger partial charge in [0.15, 0.2) is 0 Å². The highest BCUT2D eigenvalue weighted by Crippen LogP contribution is 2.22. The number of ether oxygens (including phenoxy) is 1. The third kappa shape index (κ3) is 3.17. The van der Waals surface area contributed by atoms with Crippen molar-refractivity contribution in [3.63, 3.8) is 0 Å². The van der Waals surface area contributed by atoms with Gasteiger partial charge in [-0.25, -0.2) is 0 Å². The molecule has 1 heterocycles. The predicted octanol–water partition coefficient (Wildman–Crippen LogP) is 2.05. The van der Waals surface area contributed by atoms with Crippen LogP contribution in [0.2, 0.25) is 0 Å². The number of hydrogen-bond acceptors (Lipinski definition) is 3. The molecule has 1 atom stereocenters. The Bertz CT molecular complexity index is 198. The third-order valence-electron chi connectivity index (χ3n) is 2.37. The minimum absolute atomic E-state index is 0.149. The molecule has 0 aromatic carbocycles. The van der Waals surface area contributed by atoms with Gasteiger partial charge in [-0.1, -0.05) is 32.6 Å². The number of unbranched alkanes of at least 4 members (excludes halogenated alkanes) is 3. The molecule has 0 radical (unpaired) electrons. The van der Waals surface area contributed by atoms with Crippen LogP contribution in [-0.4, -0.2) is 11.9 Å². The molecule has 0 N–H and O–H groups in total. The maximum Gasteiger partial charge on any atom is 0.317 e. The molecule has 74 valence electrons. The summed E-state index contributed by atoms with van der Waals surface area (Å²) in [5, 5.41) is 0. The molecule has 1 rings (SSSR count). The second kappa shape index (κ2) is 5.00. The van der Waals surface area contributed by atoms with E-state index in [0.29, 0.717) is 6.42 Å². The lowest BCUT2D eigenvalue weighted by molar-refractivity contribution is -0.153. The second-order valence-electron chi connectivity index (χ2n) is 3.54. The van der Waals surface area contributed by atoms with E-state index in [0.717, 1.165) is 19.3 Å². The average Bonchev–Trinajstić information content (AvgIpc) is 2.39. The van der Waals surface area contributed by atoms with Gasteiger partial charge in [-0.3, -0.25) is 9.59 Å². The Balaban J connectivity index is 2.14. The number of hydrogen-bond donors (Lipinski definition) is 0. The summed E-state index contributed by atoms with van der Waals surface area (Å²) in [6, 6.07) is 0. The monoisotopic (exact) mass is 184 g/mol. The largest absolute Gasteiger partial charge is 0.393 e. The van der Waals surface area contributed by atoms with Gasteiger partial charge in [0.05, 0.1) is 12.3 Å². The highest BCUT2D eigenvalue weighted by Gasteiger charge is 2.32. The van der Waals surface area contributed by atoms with Crippen molar-refractivity contribution in [2.24, 2.45) is 5.92 Å². The lowest BCUT2D eigenvalue weighted by Crippen LogP contribution is -2.06. The maximum atomic E-state index is 11.0. The number of rotatable bonds is 5. The number of esters is 2. The van der Waals surface area contributed by atoms with E-state index in [9.17, 15) is 9.59 Å². The molecule has 0 aromatic heterocycles. The van der Waals surface area contributed by atoms with Crippen LogP contribution in [0.1, 0.15) is 45.4 Å². The Morgan fingerprint density at radius 1 is 1.31 bits per heavy atom. The zero-order chi connectivity index (χ0) is 9.68. The first kappa shape index (κ1) is 10.2. The molecule has 1 fully saturated rings. The van der Waals surface area contributed by atoms with Crippen molar-refractivity contribution in [2.75, 3.05) is 0 Å². The third-order valence-corrected chi connectivity index (χ3v) is 2.37. The van der Waals surface area contributed by atoms with Gasteiger partial charge in [0.2, 0.25) is 0 Å². The van der Waals surface area contributed by atoms with Crippen molar-refractivity contribution in [1.29, 1.82) is 0 Å². The van der Waals surface area contributed by atoms with E-state index in [1.807, 2.05) is 0 Å². The summed E-state index contributed by atoms with van der Waals surface area (Å²) in [6.07, 6.45) is 5.68. The van der Waals surface area contributed by atoms with Crippen LogP contribution >= 0.6 is 0 Å². The summed E-state index contributed by atoms with van der Waals surface area (Å²) >= 11 is 0. The molecule has 3 nitrogen and oxygen atoms in total. The summed E-state index contributed by atoms with van der Waals surface area (Å²) in [4.78, 5) is 21.7. The van der Waals surface area contributed by atoms with Gasteiger partial charge >= 0.3 is 11.9 Å². The molecule has 0 bridgehead atoms. The SMILES string of the molecule is CCCCCCC1CC(=O)OC1=O. The number of carbonyl (C=O) groups excluding carboxylic acids is 2. The van der Waals surface area contributed by atoms with E-state index < -0.39 is 0 Å². The second-order valence-corrected chi connectivity index (χ2v) is 3.54. The van der Waals surface area contributed by atoms with Crippen LogP contribution in [0.5, 0.6) is 0 Å². The molecule has 0 spiro atoms. The Hall–Kier alpha value is -0.860.